The molecule has 0 fully saturated rings. The van der Waals surface area contributed by atoms with Gasteiger partial charge in [-0.3, -0.25) is 10.1 Å². The van der Waals surface area contributed by atoms with Crippen LogP contribution in [0.15, 0.2) is 24.3 Å². The van der Waals surface area contributed by atoms with Crippen molar-refractivity contribution >= 4 is 5.69 Å². The Bertz CT molecular complexity index is 295. The Hall–Kier alpha value is -1.58. The lowest BCUT2D eigenvalue weighted by atomic mass is 10.0. The van der Waals surface area contributed by atoms with E-state index in [9.17, 15) is 10.1 Å². The normalized spacial score (nSPS) is 12.4. The lowest BCUT2D eigenvalue weighted by Gasteiger charge is -2.06. The van der Waals surface area contributed by atoms with E-state index in [1.165, 1.54) is 0 Å². The maximum absolute atomic E-state index is 10.2. The smallest absolute Gasteiger partial charge is 0.210 e. The van der Waals surface area contributed by atoms with Crippen LogP contribution in [0.4, 0.5) is 5.69 Å². The zero-order chi connectivity index (χ0) is 9.84. The summed E-state index contributed by atoms with van der Waals surface area (Å²) >= 11 is 0. The average molecular weight is 180 g/mol. The van der Waals surface area contributed by atoms with Gasteiger partial charge in [0, 0.05) is 16.5 Å². The van der Waals surface area contributed by atoms with Gasteiger partial charge in [0.15, 0.2) is 0 Å². The molecule has 70 valence electrons. The number of hydrogen-bond acceptors (Lipinski definition) is 3. The highest BCUT2D eigenvalue weighted by molar-refractivity contribution is 5.40. The van der Waals surface area contributed by atoms with Gasteiger partial charge in [-0.2, -0.15) is 0 Å². The largest absolute Gasteiger partial charge is 0.399 e. The zero-order valence-electron chi connectivity index (χ0n) is 7.43. The van der Waals surface area contributed by atoms with E-state index < -0.39 is 0 Å². The summed E-state index contributed by atoms with van der Waals surface area (Å²) in [6.45, 7) is 1.79. The summed E-state index contributed by atoms with van der Waals surface area (Å²) in [6.07, 6.45) is 0. The molecule has 0 saturated heterocycles. The first-order valence-corrected chi connectivity index (χ1v) is 4.07. The van der Waals surface area contributed by atoms with Crippen LogP contribution in [0.25, 0.3) is 0 Å². The molecule has 2 N–H and O–H groups in total. The Balaban J connectivity index is 2.71. The molecule has 0 aliphatic heterocycles. The molecule has 0 amide bonds. The molecule has 13 heavy (non-hydrogen) atoms. The van der Waals surface area contributed by atoms with Gasteiger partial charge in [0.05, 0.1) is 0 Å². The number of nitrogens with zero attached hydrogens (tertiary/aromatic N) is 1. The first kappa shape index (κ1) is 9.51. The molecule has 0 aromatic heterocycles. The van der Waals surface area contributed by atoms with E-state index in [2.05, 4.69) is 0 Å². The molecule has 4 nitrogen and oxygen atoms in total. The van der Waals surface area contributed by atoms with E-state index in [1.54, 1.807) is 12.1 Å². The molecule has 0 unspecified atom stereocenters. The van der Waals surface area contributed by atoms with E-state index in [-0.39, 0.29) is 17.4 Å². The fourth-order valence-electron chi connectivity index (χ4n) is 1.15. The molecule has 1 aromatic rings. The molecular formula is C9H12N2O2. The third-order valence-electron chi connectivity index (χ3n) is 1.93. The summed E-state index contributed by atoms with van der Waals surface area (Å²) < 4.78 is 0. The van der Waals surface area contributed by atoms with Crippen molar-refractivity contribution < 1.29 is 4.92 Å². The zero-order valence-corrected chi connectivity index (χ0v) is 7.43. The van der Waals surface area contributed by atoms with Crippen LogP contribution >= 0.6 is 0 Å². The monoisotopic (exact) mass is 180 g/mol. The molecule has 0 aliphatic carbocycles. The summed E-state index contributed by atoms with van der Waals surface area (Å²) in [7, 11) is 0. The van der Waals surface area contributed by atoms with Crippen LogP contribution in [-0.2, 0) is 0 Å². The minimum absolute atomic E-state index is 0.0378. The molecule has 1 rings (SSSR count). The Morgan fingerprint density at radius 1 is 1.46 bits per heavy atom. The van der Waals surface area contributed by atoms with Crippen LogP contribution in [0, 0.1) is 10.1 Å². The van der Waals surface area contributed by atoms with Gasteiger partial charge in [0.1, 0.15) is 0 Å². The number of nitro groups is 1. The molecule has 1 atom stereocenters. The van der Waals surface area contributed by atoms with E-state index in [0.29, 0.717) is 5.69 Å². The molecule has 0 bridgehead atoms. The molecule has 1 aromatic carbocycles. The maximum Gasteiger partial charge on any atom is 0.210 e. The van der Waals surface area contributed by atoms with Gasteiger partial charge in [-0.05, 0) is 17.7 Å². The van der Waals surface area contributed by atoms with E-state index in [4.69, 9.17) is 5.73 Å². The number of hydrogen-bond donors (Lipinski definition) is 1. The molecule has 0 heterocycles. The van der Waals surface area contributed by atoms with Crippen LogP contribution in [0.3, 0.4) is 0 Å². The molecule has 4 heteroatoms. The first-order chi connectivity index (χ1) is 6.09. The van der Waals surface area contributed by atoms with Crippen LogP contribution in [0.5, 0.6) is 0 Å². The number of nitrogen functional groups attached to an aromatic ring is 1. The van der Waals surface area contributed by atoms with E-state index >= 15 is 0 Å². The highest BCUT2D eigenvalue weighted by Gasteiger charge is 2.10. The van der Waals surface area contributed by atoms with Gasteiger partial charge >= 0.3 is 0 Å². The van der Waals surface area contributed by atoms with Crippen molar-refractivity contribution in [3.63, 3.8) is 0 Å². The number of rotatable bonds is 3. The van der Waals surface area contributed by atoms with Crippen molar-refractivity contribution in [3.05, 3.63) is 39.9 Å². The van der Waals surface area contributed by atoms with Gasteiger partial charge in [0.25, 0.3) is 0 Å². The Morgan fingerprint density at radius 3 is 2.46 bits per heavy atom. The van der Waals surface area contributed by atoms with Gasteiger partial charge in [-0.25, -0.2) is 0 Å². The van der Waals surface area contributed by atoms with Gasteiger partial charge in [-0.15, -0.1) is 0 Å². The molecule has 0 saturated carbocycles. The third kappa shape index (κ3) is 2.74. The minimum atomic E-state index is -0.305. The van der Waals surface area contributed by atoms with E-state index in [0.717, 1.165) is 5.56 Å². The fraction of sp³-hybridized carbons (Fsp3) is 0.333. The first-order valence-electron chi connectivity index (χ1n) is 4.07. The number of anilines is 1. The van der Waals surface area contributed by atoms with Crippen molar-refractivity contribution in [2.75, 3.05) is 12.3 Å². The SMILES string of the molecule is C[C@@H](C[N+](=O)[O-])c1ccc(N)cc1. The highest BCUT2D eigenvalue weighted by Crippen LogP contribution is 2.16. The second-order valence-electron chi connectivity index (χ2n) is 3.08. The van der Waals surface area contributed by atoms with Crippen LogP contribution < -0.4 is 5.73 Å². The second kappa shape index (κ2) is 3.89. The van der Waals surface area contributed by atoms with Crippen LogP contribution in [0.1, 0.15) is 18.4 Å². The van der Waals surface area contributed by atoms with E-state index in [1.807, 2.05) is 19.1 Å². The molecular weight excluding hydrogens is 168 g/mol. The van der Waals surface area contributed by atoms with Crippen molar-refractivity contribution in [1.29, 1.82) is 0 Å². The predicted molar refractivity (Wildman–Crippen MR) is 51.1 cm³/mol. The third-order valence-corrected chi connectivity index (χ3v) is 1.93. The molecule has 0 radical (unpaired) electrons. The standard InChI is InChI=1S/C9H12N2O2/c1-7(6-11(12)13)8-2-4-9(10)5-3-8/h2-5,7H,6,10H2,1H3/t7-/m0/s1. The van der Waals surface area contributed by atoms with Crippen molar-refractivity contribution in [2.45, 2.75) is 12.8 Å². The predicted octanol–water partition coefficient (Wildman–Crippen LogP) is 1.65. The quantitative estimate of drug-likeness (QED) is 0.437. The highest BCUT2D eigenvalue weighted by atomic mass is 16.6. The lowest BCUT2D eigenvalue weighted by Crippen LogP contribution is -2.09. The Kier molecular flexibility index (Phi) is 2.84. The van der Waals surface area contributed by atoms with Crippen LogP contribution in [-0.4, -0.2) is 11.5 Å². The topological polar surface area (TPSA) is 69.2 Å². The number of nitrogens with two attached hydrogens (primary N) is 1. The summed E-state index contributed by atoms with van der Waals surface area (Å²) in [5, 5.41) is 10.2. The van der Waals surface area contributed by atoms with Crippen molar-refractivity contribution in [3.8, 4) is 0 Å². The molecule has 0 aliphatic rings. The van der Waals surface area contributed by atoms with Crippen LogP contribution in [0.2, 0.25) is 0 Å². The fourth-order valence-corrected chi connectivity index (χ4v) is 1.15. The Labute approximate surface area is 76.5 Å². The maximum atomic E-state index is 10.2. The summed E-state index contributed by atoms with van der Waals surface area (Å²) in [5.74, 6) is -0.0596. The van der Waals surface area contributed by atoms with Gasteiger partial charge in [0.2, 0.25) is 6.54 Å². The second-order valence-corrected chi connectivity index (χ2v) is 3.08. The molecule has 0 spiro atoms. The summed E-state index contributed by atoms with van der Waals surface area (Å²) in [5.41, 5.74) is 7.12. The van der Waals surface area contributed by atoms with Crippen molar-refractivity contribution in [1.82, 2.24) is 0 Å². The number of benzene rings is 1. The average Bonchev–Trinajstić information content (AvgIpc) is 2.04. The minimum Gasteiger partial charge on any atom is -0.399 e. The van der Waals surface area contributed by atoms with Gasteiger partial charge in [-0.1, -0.05) is 19.1 Å². The van der Waals surface area contributed by atoms with Crippen molar-refractivity contribution in [2.24, 2.45) is 0 Å². The summed E-state index contributed by atoms with van der Waals surface area (Å²) in [4.78, 5) is 9.93. The Morgan fingerprint density at radius 2 is 2.00 bits per heavy atom. The lowest BCUT2D eigenvalue weighted by molar-refractivity contribution is -0.482. The summed E-state index contributed by atoms with van der Waals surface area (Å²) in [6, 6.07) is 7.16. The van der Waals surface area contributed by atoms with Gasteiger partial charge < -0.3 is 5.73 Å².